The lowest BCUT2D eigenvalue weighted by Crippen LogP contribution is -2.54. The van der Waals surface area contributed by atoms with Crippen molar-refractivity contribution in [1.29, 1.82) is 0 Å². The molecule has 0 radical (unpaired) electrons. The second-order valence-corrected chi connectivity index (χ2v) is 11.5. The predicted molar refractivity (Wildman–Crippen MR) is 167 cm³/mol. The third-order valence-corrected chi connectivity index (χ3v) is 8.16. The van der Waals surface area contributed by atoms with Gasteiger partial charge in [0.1, 0.15) is 17.8 Å². The Morgan fingerprint density at radius 2 is 1.80 bits per heavy atom. The number of primary amides is 1. The minimum absolute atomic E-state index is 0.0606. The number of nitrogens with one attached hydrogen (secondary N) is 2. The van der Waals surface area contributed by atoms with E-state index in [1.165, 1.54) is 16.3 Å². The third-order valence-electron chi connectivity index (χ3n) is 7.07. The molecule has 14 heteroatoms. The molecule has 1 aromatic carbocycles. The molecule has 0 saturated carbocycles. The van der Waals surface area contributed by atoms with Crippen LogP contribution < -0.4 is 27.8 Å². The van der Waals surface area contributed by atoms with Crippen molar-refractivity contribution in [2.45, 2.75) is 50.2 Å². The first-order chi connectivity index (χ1) is 21.2. The predicted octanol–water partition coefficient (Wildman–Crippen LogP) is 0.722. The highest BCUT2D eigenvalue weighted by molar-refractivity contribution is 7.98. The van der Waals surface area contributed by atoms with Crippen molar-refractivity contribution >= 4 is 41.4 Å². The molecule has 0 aliphatic carbocycles. The van der Waals surface area contributed by atoms with Crippen LogP contribution in [-0.2, 0) is 39.6 Å². The molecule has 0 spiro atoms. The molecule has 4 rings (SSSR count). The largest absolute Gasteiger partial charge is 0.468 e. The van der Waals surface area contributed by atoms with E-state index in [4.69, 9.17) is 21.6 Å². The summed E-state index contributed by atoms with van der Waals surface area (Å²) >= 11 is 1.45. The van der Waals surface area contributed by atoms with Crippen molar-refractivity contribution < 1.29 is 23.6 Å². The number of hydrogen-bond acceptors (Lipinski definition) is 8. The fourth-order valence-corrected chi connectivity index (χ4v) is 5.99. The normalized spacial score (nSPS) is 19.0. The molecule has 1 aliphatic heterocycles. The maximum absolute atomic E-state index is 13.6. The van der Waals surface area contributed by atoms with E-state index in [2.05, 4.69) is 15.6 Å². The molecule has 1 aliphatic rings. The van der Waals surface area contributed by atoms with E-state index < -0.39 is 29.8 Å². The lowest BCUT2D eigenvalue weighted by atomic mass is 10.1. The van der Waals surface area contributed by atoms with Gasteiger partial charge in [0.05, 0.1) is 25.8 Å². The summed E-state index contributed by atoms with van der Waals surface area (Å²) in [5, 5.41) is 5.45. The molecular formula is C30H38N8O5S. The Morgan fingerprint density at radius 3 is 2.52 bits per heavy atom. The highest BCUT2D eigenvalue weighted by Crippen LogP contribution is 2.21. The van der Waals surface area contributed by atoms with Gasteiger partial charge >= 0.3 is 0 Å². The molecule has 2 aromatic heterocycles. The zero-order chi connectivity index (χ0) is 31.5. The van der Waals surface area contributed by atoms with Gasteiger partial charge in [-0.2, -0.15) is 11.8 Å². The SMILES string of the molecule is NC(=O)[C@@H]1CSCc2ccccc2CN(Cc2ccco2)CC(=O)n2cccc2CC(=O)N[C@@H](CCCN=C(N)N)C(=O)N1. The highest BCUT2D eigenvalue weighted by Gasteiger charge is 2.27. The standard InChI is InChI=1S/C30H38N8O5S/c31-28(41)25-19-44-18-21-7-2-1-6-20(21)15-37(16-23-9-5-13-43-23)17-27(40)38-12-4-8-22(38)14-26(39)35-24(29(42)36-25)10-3-11-34-30(32)33/h1-2,4-9,12-13,24-25H,3,10-11,14-19H2,(H2,31,41)(H,35,39)(H,36,42)(H4,32,33,34)/t24-,25-/m0/s1. The Bertz CT molecular complexity index is 1470. The van der Waals surface area contributed by atoms with E-state index in [0.29, 0.717) is 36.7 Å². The molecule has 0 fully saturated rings. The molecule has 8 N–H and O–H groups in total. The van der Waals surface area contributed by atoms with E-state index in [1.807, 2.05) is 35.2 Å². The lowest BCUT2D eigenvalue weighted by molar-refractivity contribution is -0.131. The van der Waals surface area contributed by atoms with Crippen LogP contribution in [0.1, 0.15) is 40.2 Å². The van der Waals surface area contributed by atoms with Crippen molar-refractivity contribution in [2.75, 3.05) is 18.8 Å². The monoisotopic (exact) mass is 622 g/mol. The molecule has 0 unspecified atom stereocenters. The second kappa shape index (κ2) is 15.8. The number of aromatic nitrogens is 1. The Morgan fingerprint density at radius 1 is 1.00 bits per heavy atom. The third kappa shape index (κ3) is 9.47. The van der Waals surface area contributed by atoms with Gasteiger partial charge in [0.15, 0.2) is 5.96 Å². The van der Waals surface area contributed by atoms with Crippen LogP contribution in [0.5, 0.6) is 0 Å². The van der Waals surface area contributed by atoms with Gasteiger partial charge in [-0.25, -0.2) is 0 Å². The average molecular weight is 623 g/mol. The molecule has 0 saturated heterocycles. The van der Waals surface area contributed by atoms with Gasteiger partial charge < -0.3 is 32.3 Å². The lowest BCUT2D eigenvalue weighted by Gasteiger charge is -2.24. The average Bonchev–Trinajstić information content (AvgIpc) is 3.66. The van der Waals surface area contributed by atoms with Crippen LogP contribution >= 0.6 is 11.8 Å². The molecule has 44 heavy (non-hydrogen) atoms. The molecule has 13 nitrogen and oxygen atoms in total. The zero-order valence-corrected chi connectivity index (χ0v) is 25.1. The van der Waals surface area contributed by atoms with Crippen molar-refractivity contribution in [3.05, 3.63) is 83.6 Å². The van der Waals surface area contributed by atoms with Crippen LogP contribution in [0, 0.1) is 0 Å². The smallest absolute Gasteiger partial charge is 0.245 e. The fourth-order valence-electron chi connectivity index (χ4n) is 4.89. The van der Waals surface area contributed by atoms with Gasteiger partial charge in [-0.1, -0.05) is 24.3 Å². The van der Waals surface area contributed by atoms with Crippen LogP contribution in [0.15, 0.2) is 70.4 Å². The Hall–Kier alpha value is -4.56. The summed E-state index contributed by atoms with van der Waals surface area (Å²) in [7, 11) is 0. The maximum Gasteiger partial charge on any atom is 0.245 e. The van der Waals surface area contributed by atoms with Crippen molar-refractivity contribution in [2.24, 2.45) is 22.2 Å². The summed E-state index contributed by atoms with van der Waals surface area (Å²) in [6, 6.07) is 13.0. The number of guanidine groups is 1. The van der Waals surface area contributed by atoms with Gasteiger partial charge in [0.2, 0.25) is 23.6 Å². The summed E-state index contributed by atoms with van der Waals surface area (Å²) in [6.07, 6.45) is 3.67. The van der Waals surface area contributed by atoms with Crippen LogP contribution in [0.4, 0.5) is 0 Å². The van der Waals surface area contributed by atoms with Crippen LogP contribution in [-0.4, -0.2) is 70.0 Å². The van der Waals surface area contributed by atoms with Gasteiger partial charge in [0.25, 0.3) is 0 Å². The summed E-state index contributed by atoms with van der Waals surface area (Å²) in [5.74, 6) is -0.506. The first kappa shape index (κ1) is 32.4. The number of benzene rings is 1. The number of nitrogens with two attached hydrogens (primary N) is 3. The van der Waals surface area contributed by atoms with Gasteiger partial charge in [-0.05, 0) is 48.2 Å². The number of amides is 3. The molecular weight excluding hydrogens is 584 g/mol. The minimum atomic E-state index is -0.981. The maximum atomic E-state index is 13.6. The Kier molecular flexibility index (Phi) is 11.6. The van der Waals surface area contributed by atoms with E-state index in [-0.39, 0.29) is 43.6 Å². The Labute approximate surface area is 259 Å². The molecule has 3 aromatic rings. The van der Waals surface area contributed by atoms with Crippen molar-refractivity contribution in [3.8, 4) is 0 Å². The number of fused-ring (bicyclic) bond motifs is 2. The number of carbonyl (C=O) groups is 4. The first-order valence-electron chi connectivity index (χ1n) is 14.2. The summed E-state index contributed by atoms with van der Waals surface area (Å²) in [4.78, 5) is 58.3. The van der Waals surface area contributed by atoms with Crippen LogP contribution in [0.2, 0.25) is 0 Å². The summed E-state index contributed by atoms with van der Waals surface area (Å²) in [5.41, 5.74) is 19.0. The summed E-state index contributed by atoms with van der Waals surface area (Å²) in [6.45, 7) is 1.17. The van der Waals surface area contributed by atoms with Gasteiger partial charge in [-0.15, -0.1) is 0 Å². The summed E-state index contributed by atoms with van der Waals surface area (Å²) < 4.78 is 7.03. The molecule has 0 bridgehead atoms. The second-order valence-electron chi connectivity index (χ2n) is 10.5. The van der Waals surface area contributed by atoms with Crippen molar-refractivity contribution in [1.82, 2.24) is 20.1 Å². The van der Waals surface area contributed by atoms with Crippen LogP contribution in [0.25, 0.3) is 0 Å². The van der Waals surface area contributed by atoms with E-state index in [0.717, 1.165) is 11.1 Å². The fraction of sp³-hybridized carbons (Fsp3) is 0.367. The van der Waals surface area contributed by atoms with E-state index in [9.17, 15) is 19.2 Å². The van der Waals surface area contributed by atoms with Crippen molar-refractivity contribution in [3.63, 3.8) is 0 Å². The molecule has 234 valence electrons. The number of nitrogens with zero attached hydrogens (tertiary/aromatic N) is 3. The first-order valence-corrected chi connectivity index (χ1v) is 15.4. The number of hydrogen-bond donors (Lipinski definition) is 5. The zero-order valence-electron chi connectivity index (χ0n) is 24.3. The number of rotatable bonds is 7. The topological polar surface area (TPSA) is 204 Å². The van der Waals surface area contributed by atoms with Crippen LogP contribution in [0.3, 0.4) is 0 Å². The van der Waals surface area contributed by atoms with E-state index >= 15 is 0 Å². The Balaban J connectivity index is 1.63. The highest BCUT2D eigenvalue weighted by atomic mass is 32.2. The molecule has 2 atom stereocenters. The van der Waals surface area contributed by atoms with Gasteiger partial charge in [-0.3, -0.25) is 33.6 Å². The molecule has 3 heterocycles. The number of carbonyl (C=O) groups excluding carboxylic acids is 4. The van der Waals surface area contributed by atoms with E-state index in [1.54, 1.807) is 30.7 Å². The number of aliphatic imine (C=N–C) groups is 1. The quantitative estimate of drug-likeness (QED) is 0.143. The number of furan rings is 1. The van der Waals surface area contributed by atoms with Gasteiger partial charge in [0, 0.05) is 36.5 Å². The molecule has 3 amide bonds. The minimum Gasteiger partial charge on any atom is -0.468 e. The number of thioether (sulfide) groups is 1.